The minimum Gasteiger partial charge on any atom is -0.490 e. The van der Waals surface area contributed by atoms with Gasteiger partial charge in [-0.05, 0) is 60.7 Å². The van der Waals surface area contributed by atoms with E-state index in [4.69, 9.17) is 14.2 Å². The van der Waals surface area contributed by atoms with Crippen LogP contribution < -0.4 is 14.8 Å². The maximum Gasteiger partial charge on any atom is 0.328 e. The normalized spacial score (nSPS) is 11.8. The highest BCUT2D eigenvalue weighted by Crippen LogP contribution is 2.32. The SMILES string of the molecule is CCCCOc1cc(C(=CC(=O)O)CCOCC)ccc1OCCc1ccc(NCS(C)(=O)=O)cc1. The van der Waals surface area contributed by atoms with E-state index in [0.29, 0.717) is 56.3 Å². The van der Waals surface area contributed by atoms with Gasteiger partial charge in [0.25, 0.3) is 0 Å². The Morgan fingerprint density at radius 1 is 1.00 bits per heavy atom. The molecule has 2 aromatic carbocycles. The molecule has 9 heteroatoms. The Labute approximate surface area is 214 Å². The van der Waals surface area contributed by atoms with E-state index in [1.165, 1.54) is 12.3 Å². The van der Waals surface area contributed by atoms with Crippen LogP contribution in [0.1, 0.15) is 44.2 Å². The molecule has 0 amide bonds. The summed E-state index contributed by atoms with van der Waals surface area (Å²) in [4.78, 5) is 11.4. The Balaban J connectivity index is 2.09. The molecule has 0 saturated carbocycles. The van der Waals surface area contributed by atoms with E-state index < -0.39 is 15.8 Å². The van der Waals surface area contributed by atoms with Gasteiger partial charge in [0, 0.05) is 31.0 Å². The zero-order valence-corrected chi connectivity index (χ0v) is 22.1. The van der Waals surface area contributed by atoms with Crippen molar-refractivity contribution in [3.8, 4) is 11.5 Å². The largest absolute Gasteiger partial charge is 0.490 e. The number of anilines is 1. The predicted octanol–water partition coefficient (Wildman–Crippen LogP) is 4.80. The average Bonchev–Trinajstić information content (AvgIpc) is 2.83. The zero-order valence-electron chi connectivity index (χ0n) is 21.3. The number of rotatable bonds is 17. The van der Waals surface area contributed by atoms with Gasteiger partial charge in [0.05, 0.1) is 19.8 Å². The summed E-state index contributed by atoms with van der Waals surface area (Å²) in [6.45, 7) is 5.94. The fraction of sp³-hybridized carbons (Fsp3) is 0.444. The van der Waals surface area contributed by atoms with Crippen molar-refractivity contribution in [3.63, 3.8) is 0 Å². The molecule has 0 heterocycles. The molecule has 0 radical (unpaired) electrons. The van der Waals surface area contributed by atoms with Crippen LogP contribution in [0.15, 0.2) is 48.5 Å². The highest BCUT2D eigenvalue weighted by Gasteiger charge is 2.12. The van der Waals surface area contributed by atoms with Crippen molar-refractivity contribution < 1.29 is 32.5 Å². The number of unbranched alkanes of at least 4 members (excludes halogenated alkanes) is 1. The highest BCUT2D eigenvalue weighted by molar-refractivity contribution is 7.90. The first kappa shape index (κ1) is 29.2. The molecule has 0 saturated heterocycles. The standard InChI is InChI=1S/C27H37NO7S/c1-4-6-15-34-26-18-22(23(19-27(29)30)14-16-33-5-2)9-12-25(26)35-17-13-21-7-10-24(11-8-21)28-20-36(3,31)32/h7-12,18-19,28H,4-6,13-17,20H2,1-3H3,(H,29,30). The fourth-order valence-corrected chi connectivity index (χ4v) is 3.75. The third-order valence-corrected chi connectivity index (χ3v) is 5.90. The second-order valence-electron chi connectivity index (χ2n) is 8.36. The van der Waals surface area contributed by atoms with Gasteiger partial charge in [-0.1, -0.05) is 31.5 Å². The number of carbonyl (C=O) groups is 1. The maximum absolute atomic E-state index is 11.4. The molecule has 0 aliphatic carbocycles. The lowest BCUT2D eigenvalue weighted by Crippen LogP contribution is -2.12. The summed E-state index contributed by atoms with van der Waals surface area (Å²) in [6.07, 6.45) is 5.40. The van der Waals surface area contributed by atoms with E-state index in [0.717, 1.165) is 29.7 Å². The number of hydrogen-bond acceptors (Lipinski definition) is 7. The minimum absolute atomic E-state index is 0.110. The molecule has 0 fully saturated rings. The summed E-state index contributed by atoms with van der Waals surface area (Å²) in [5.41, 5.74) is 3.20. The minimum atomic E-state index is -3.09. The van der Waals surface area contributed by atoms with Gasteiger partial charge in [-0.3, -0.25) is 0 Å². The number of benzene rings is 2. The summed E-state index contributed by atoms with van der Waals surface area (Å²) >= 11 is 0. The fourth-order valence-electron chi connectivity index (χ4n) is 3.32. The molecule has 2 N–H and O–H groups in total. The van der Waals surface area contributed by atoms with Crippen molar-refractivity contribution in [2.45, 2.75) is 39.5 Å². The van der Waals surface area contributed by atoms with Crippen molar-refractivity contribution in [1.82, 2.24) is 0 Å². The number of carboxylic acid groups (broad SMARTS) is 1. The second kappa shape index (κ2) is 15.2. The van der Waals surface area contributed by atoms with Crippen LogP contribution in [0.3, 0.4) is 0 Å². The Hall–Kier alpha value is -3.04. The van der Waals surface area contributed by atoms with E-state index in [1.54, 1.807) is 0 Å². The van der Waals surface area contributed by atoms with E-state index >= 15 is 0 Å². The summed E-state index contributed by atoms with van der Waals surface area (Å²) < 4.78 is 40.0. The number of sulfone groups is 1. The molecule has 0 aliphatic heterocycles. The highest BCUT2D eigenvalue weighted by atomic mass is 32.2. The predicted molar refractivity (Wildman–Crippen MR) is 143 cm³/mol. The van der Waals surface area contributed by atoms with Crippen LogP contribution in [0, 0.1) is 0 Å². The first-order valence-corrected chi connectivity index (χ1v) is 14.2. The lowest BCUT2D eigenvalue weighted by atomic mass is 10.0. The van der Waals surface area contributed by atoms with E-state index in [9.17, 15) is 18.3 Å². The smallest absolute Gasteiger partial charge is 0.328 e. The maximum atomic E-state index is 11.4. The van der Waals surface area contributed by atoms with Crippen molar-refractivity contribution in [1.29, 1.82) is 0 Å². The quantitative estimate of drug-likeness (QED) is 0.227. The van der Waals surface area contributed by atoms with Crippen LogP contribution >= 0.6 is 0 Å². The molecule has 0 unspecified atom stereocenters. The topological polar surface area (TPSA) is 111 Å². The molecule has 2 rings (SSSR count). The lowest BCUT2D eigenvalue weighted by molar-refractivity contribution is -0.131. The van der Waals surface area contributed by atoms with Crippen LogP contribution in [0.25, 0.3) is 5.57 Å². The number of hydrogen-bond donors (Lipinski definition) is 2. The third kappa shape index (κ3) is 11.1. The van der Waals surface area contributed by atoms with E-state index in [2.05, 4.69) is 12.2 Å². The lowest BCUT2D eigenvalue weighted by Gasteiger charge is -2.16. The third-order valence-electron chi connectivity index (χ3n) is 5.23. The molecule has 0 aromatic heterocycles. The Bertz CT molecular complexity index is 1100. The first-order valence-electron chi connectivity index (χ1n) is 12.1. The summed E-state index contributed by atoms with van der Waals surface area (Å²) in [6, 6.07) is 13.0. The van der Waals surface area contributed by atoms with E-state index in [-0.39, 0.29) is 5.88 Å². The van der Waals surface area contributed by atoms with Crippen molar-refractivity contribution in [2.75, 3.05) is 43.9 Å². The van der Waals surface area contributed by atoms with Crippen molar-refractivity contribution in [3.05, 3.63) is 59.7 Å². The zero-order chi connectivity index (χ0) is 26.4. The van der Waals surface area contributed by atoms with Crippen LogP contribution in [-0.4, -0.2) is 58.1 Å². The molecule has 0 bridgehead atoms. The molecular weight excluding hydrogens is 482 g/mol. The molecule has 2 aromatic rings. The van der Waals surface area contributed by atoms with Crippen LogP contribution in [0.4, 0.5) is 5.69 Å². The van der Waals surface area contributed by atoms with Gasteiger partial charge in [-0.2, -0.15) is 0 Å². The van der Waals surface area contributed by atoms with Gasteiger partial charge in [-0.25, -0.2) is 13.2 Å². The number of nitrogens with one attached hydrogen (secondary N) is 1. The molecule has 0 atom stereocenters. The Kier molecular flexibility index (Phi) is 12.3. The summed E-state index contributed by atoms with van der Waals surface area (Å²) in [5, 5.41) is 12.2. The van der Waals surface area contributed by atoms with Gasteiger partial charge in [0.1, 0.15) is 5.88 Å². The van der Waals surface area contributed by atoms with Gasteiger partial charge < -0.3 is 24.6 Å². The molecule has 8 nitrogen and oxygen atoms in total. The van der Waals surface area contributed by atoms with Gasteiger partial charge in [0.2, 0.25) is 0 Å². The molecule has 0 aliphatic rings. The first-order chi connectivity index (χ1) is 17.2. The van der Waals surface area contributed by atoms with Crippen LogP contribution in [0.2, 0.25) is 0 Å². The number of aliphatic carboxylic acids is 1. The summed E-state index contributed by atoms with van der Waals surface area (Å²) in [7, 11) is -3.09. The Morgan fingerprint density at radius 2 is 1.72 bits per heavy atom. The van der Waals surface area contributed by atoms with Gasteiger partial charge in [-0.15, -0.1) is 0 Å². The van der Waals surface area contributed by atoms with Gasteiger partial charge >= 0.3 is 5.97 Å². The Morgan fingerprint density at radius 3 is 2.36 bits per heavy atom. The monoisotopic (exact) mass is 519 g/mol. The number of ether oxygens (including phenoxy) is 3. The molecular formula is C27H37NO7S. The van der Waals surface area contributed by atoms with Crippen LogP contribution in [-0.2, 0) is 25.8 Å². The van der Waals surface area contributed by atoms with E-state index in [1.807, 2.05) is 49.4 Å². The average molecular weight is 520 g/mol. The van der Waals surface area contributed by atoms with Crippen molar-refractivity contribution >= 4 is 27.1 Å². The van der Waals surface area contributed by atoms with Gasteiger partial charge in [0.15, 0.2) is 21.3 Å². The molecule has 36 heavy (non-hydrogen) atoms. The number of carboxylic acids is 1. The van der Waals surface area contributed by atoms with Crippen LogP contribution in [0.5, 0.6) is 11.5 Å². The van der Waals surface area contributed by atoms with Crippen molar-refractivity contribution in [2.24, 2.45) is 0 Å². The molecule has 198 valence electrons. The summed E-state index contributed by atoms with van der Waals surface area (Å²) in [5.74, 6) is 0.0592. The molecule has 0 spiro atoms. The second-order valence-corrected chi connectivity index (χ2v) is 10.5.